The molecule has 0 radical (unpaired) electrons. The smallest absolute Gasteiger partial charge is 0.237 e. The highest BCUT2D eigenvalue weighted by Crippen LogP contribution is 2.30. The molecule has 0 aromatic heterocycles. The Morgan fingerprint density at radius 2 is 2.17 bits per heavy atom. The van der Waals surface area contributed by atoms with Crippen LogP contribution in [0.5, 0.6) is 0 Å². The molecule has 4 heteroatoms. The van der Waals surface area contributed by atoms with Gasteiger partial charge in [-0.1, -0.05) is 18.2 Å². The normalized spacial score (nSPS) is 18.4. The van der Waals surface area contributed by atoms with Gasteiger partial charge in [0.2, 0.25) is 5.91 Å². The average Bonchev–Trinajstić information content (AvgIpc) is 2.65. The summed E-state index contributed by atoms with van der Waals surface area (Å²) in [6, 6.07) is 7.79. The first-order valence-corrected chi connectivity index (χ1v) is 6.37. The molecule has 2 rings (SSSR count). The number of nitrogens with one attached hydrogen (secondary N) is 2. The fourth-order valence-electron chi connectivity index (χ4n) is 2.09. The zero-order chi connectivity index (χ0) is 13.0. The summed E-state index contributed by atoms with van der Waals surface area (Å²) in [5.41, 5.74) is 1.95. The third-order valence-corrected chi connectivity index (χ3v) is 3.05. The minimum absolute atomic E-state index is 0.0261. The number of hydrogen-bond acceptors (Lipinski definition) is 2. The Bertz CT molecular complexity index is 454. The molecular weight excluding hydrogens is 226 g/mol. The van der Waals surface area contributed by atoms with Gasteiger partial charge in [-0.05, 0) is 11.6 Å². The van der Waals surface area contributed by atoms with Crippen LogP contribution in [0.25, 0.3) is 0 Å². The van der Waals surface area contributed by atoms with Crippen molar-refractivity contribution in [3.8, 4) is 0 Å². The van der Waals surface area contributed by atoms with Gasteiger partial charge in [0.25, 0.3) is 0 Å². The van der Waals surface area contributed by atoms with Gasteiger partial charge in [-0.25, -0.2) is 0 Å². The van der Waals surface area contributed by atoms with Crippen LogP contribution in [0.4, 0.5) is 5.69 Å². The van der Waals surface area contributed by atoms with Crippen LogP contribution in [0.15, 0.2) is 29.3 Å². The van der Waals surface area contributed by atoms with E-state index in [9.17, 15) is 4.79 Å². The van der Waals surface area contributed by atoms with Crippen LogP contribution in [0, 0.1) is 0 Å². The number of nitrogens with zero attached hydrogens (tertiary/aromatic N) is 1. The van der Waals surface area contributed by atoms with Gasteiger partial charge < -0.3 is 10.2 Å². The van der Waals surface area contributed by atoms with E-state index in [4.69, 9.17) is 0 Å². The van der Waals surface area contributed by atoms with Gasteiger partial charge in [0.1, 0.15) is 5.92 Å². The second kappa shape index (κ2) is 5.78. The Hall–Kier alpha value is -1.68. The van der Waals surface area contributed by atoms with Crippen molar-refractivity contribution in [2.75, 3.05) is 32.5 Å². The summed E-state index contributed by atoms with van der Waals surface area (Å²) < 4.78 is 0. The van der Waals surface area contributed by atoms with Crippen molar-refractivity contribution in [1.29, 1.82) is 0 Å². The van der Waals surface area contributed by atoms with Gasteiger partial charge in [0.05, 0.1) is 20.6 Å². The zero-order valence-electron chi connectivity index (χ0n) is 10.9. The molecule has 1 aliphatic heterocycles. The predicted molar refractivity (Wildman–Crippen MR) is 73.5 cm³/mol. The quantitative estimate of drug-likeness (QED) is 0.571. The van der Waals surface area contributed by atoms with Crippen LogP contribution < -0.4 is 10.2 Å². The van der Waals surface area contributed by atoms with Crippen molar-refractivity contribution >= 4 is 17.8 Å². The molecule has 0 saturated carbocycles. The van der Waals surface area contributed by atoms with E-state index in [0.717, 1.165) is 30.8 Å². The van der Waals surface area contributed by atoms with Crippen LogP contribution in [0.1, 0.15) is 17.9 Å². The summed E-state index contributed by atoms with van der Waals surface area (Å²) in [4.78, 5) is 17.6. The van der Waals surface area contributed by atoms with Crippen molar-refractivity contribution in [1.82, 2.24) is 0 Å². The highest BCUT2D eigenvalue weighted by molar-refractivity contribution is 6.12. The molecule has 4 nitrogen and oxygen atoms in total. The number of hydrogen-bond donors (Lipinski definition) is 2. The monoisotopic (exact) mass is 246 g/mol. The molecule has 1 atom stereocenters. The summed E-state index contributed by atoms with van der Waals surface area (Å²) in [5, 5.41) is 2.87. The Labute approximate surface area is 108 Å². The Balaban J connectivity index is 1.93. The first-order chi connectivity index (χ1) is 8.68. The third-order valence-electron chi connectivity index (χ3n) is 3.05. The van der Waals surface area contributed by atoms with E-state index in [0.29, 0.717) is 0 Å². The van der Waals surface area contributed by atoms with Crippen LogP contribution in [0.2, 0.25) is 0 Å². The maximum atomic E-state index is 11.8. The number of para-hydroxylation sites is 1. The van der Waals surface area contributed by atoms with Gasteiger partial charge >= 0.3 is 0 Å². The molecule has 0 aliphatic carbocycles. The standard InChI is InChI=1S/C14H19N3O/c1-17(2)9-5-8-15-10-12-11-6-3-4-7-13(11)16-14(12)18/h3-4,6-7,10,12H,5,8-9H2,1-2H3,(H,16,18)/p+1. The van der Waals surface area contributed by atoms with Gasteiger partial charge in [0, 0.05) is 24.9 Å². The number of carbonyl (C=O) groups is 1. The summed E-state index contributed by atoms with van der Waals surface area (Å²) in [7, 11) is 4.26. The molecular formula is C14H20N3O+. The van der Waals surface area contributed by atoms with Crippen LogP contribution in [0.3, 0.4) is 0 Å². The minimum Gasteiger partial charge on any atom is -0.340 e. The number of amides is 1. The lowest BCUT2D eigenvalue weighted by molar-refractivity contribution is -0.858. The molecule has 1 aliphatic rings. The second-order valence-corrected chi connectivity index (χ2v) is 4.92. The Morgan fingerprint density at radius 3 is 2.94 bits per heavy atom. The summed E-state index contributed by atoms with van der Waals surface area (Å²) >= 11 is 0. The SMILES string of the molecule is C[NH+](C)CCCN=CC1C(=O)Nc2ccccc21. The molecule has 1 aromatic rings. The number of rotatable bonds is 5. The van der Waals surface area contributed by atoms with Crippen molar-refractivity contribution < 1.29 is 9.69 Å². The van der Waals surface area contributed by atoms with Crippen molar-refractivity contribution in [3.63, 3.8) is 0 Å². The number of quaternary nitrogens is 1. The van der Waals surface area contributed by atoms with Crippen molar-refractivity contribution in [2.24, 2.45) is 4.99 Å². The van der Waals surface area contributed by atoms with Gasteiger partial charge in [-0.15, -0.1) is 0 Å². The van der Waals surface area contributed by atoms with Gasteiger partial charge in [-0.2, -0.15) is 0 Å². The number of aliphatic imine (C=N–C) groups is 1. The third kappa shape index (κ3) is 2.96. The Morgan fingerprint density at radius 1 is 1.39 bits per heavy atom. The summed E-state index contributed by atoms with van der Waals surface area (Å²) in [6.45, 7) is 1.89. The molecule has 0 fully saturated rings. The van der Waals surface area contributed by atoms with Crippen LogP contribution in [-0.2, 0) is 4.79 Å². The second-order valence-electron chi connectivity index (χ2n) is 4.92. The molecule has 1 aromatic carbocycles. The number of fused-ring (bicyclic) bond motifs is 1. The average molecular weight is 246 g/mol. The fourth-order valence-corrected chi connectivity index (χ4v) is 2.09. The van der Waals surface area contributed by atoms with E-state index in [-0.39, 0.29) is 11.8 Å². The topological polar surface area (TPSA) is 45.9 Å². The predicted octanol–water partition coefficient (Wildman–Crippen LogP) is 0.328. The molecule has 0 saturated heterocycles. The number of anilines is 1. The van der Waals surface area contributed by atoms with Crippen molar-refractivity contribution in [3.05, 3.63) is 29.8 Å². The van der Waals surface area contributed by atoms with Crippen LogP contribution in [-0.4, -0.2) is 39.3 Å². The molecule has 0 bridgehead atoms. The molecule has 1 unspecified atom stereocenters. The summed E-state index contributed by atoms with van der Waals surface area (Å²) in [5.74, 6) is -0.189. The van der Waals surface area contributed by atoms with E-state index in [1.54, 1.807) is 6.21 Å². The molecule has 1 heterocycles. The lowest BCUT2D eigenvalue weighted by Gasteiger charge is -2.05. The number of carbonyl (C=O) groups excluding carboxylic acids is 1. The first kappa shape index (κ1) is 12.8. The minimum atomic E-state index is -0.215. The lowest BCUT2D eigenvalue weighted by atomic mass is 10.0. The zero-order valence-corrected chi connectivity index (χ0v) is 10.9. The largest absolute Gasteiger partial charge is 0.340 e. The highest BCUT2D eigenvalue weighted by atomic mass is 16.2. The number of benzene rings is 1. The summed E-state index contributed by atoms with van der Waals surface area (Å²) in [6.07, 6.45) is 2.83. The van der Waals surface area contributed by atoms with Crippen LogP contribution >= 0.6 is 0 Å². The maximum Gasteiger partial charge on any atom is 0.237 e. The van der Waals surface area contributed by atoms with Gasteiger partial charge in [-0.3, -0.25) is 9.79 Å². The van der Waals surface area contributed by atoms with E-state index >= 15 is 0 Å². The molecule has 18 heavy (non-hydrogen) atoms. The molecule has 2 N–H and O–H groups in total. The molecule has 0 spiro atoms. The van der Waals surface area contributed by atoms with E-state index in [2.05, 4.69) is 24.4 Å². The van der Waals surface area contributed by atoms with Gasteiger partial charge in [0.15, 0.2) is 0 Å². The highest BCUT2D eigenvalue weighted by Gasteiger charge is 2.28. The van der Waals surface area contributed by atoms with E-state index in [1.165, 1.54) is 4.90 Å². The maximum absolute atomic E-state index is 11.8. The fraction of sp³-hybridized carbons (Fsp3) is 0.429. The lowest BCUT2D eigenvalue weighted by Crippen LogP contribution is -3.05. The molecule has 96 valence electrons. The molecule has 1 amide bonds. The first-order valence-electron chi connectivity index (χ1n) is 6.37. The Kier molecular flexibility index (Phi) is 4.10. The van der Waals surface area contributed by atoms with Crippen molar-refractivity contribution in [2.45, 2.75) is 12.3 Å². The van der Waals surface area contributed by atoms with E-state index < -0.39 is 0 Å². The van der Waals surface area contributed by atoms with E-state index in [1.807, 2.05) is 24.3 Å².